The largest absolute Gasteiger partial charge is 0.399 e. The van der Waals surface area contributed by atoms with Crippen molar-refractivity contribution >= 4 is 11.4 Å². The summed E-state index contributed by atoms with van der Waals surface area (Å²) in [6.45, 7) is 4.55. The van der Waals surface area contributed by atoms with Gasteiger partial charge in [-0.05, 0) is 133 Å². The van der Waals surface area contributed by atoms with Gasteiger partial charge in [-0.25, -0.2) is 0 Å². The number of anilines is 2. The van der Waals surface area contributed by atoms with Crippen LogP contribution in [0.1, 0.15) is 180 Å². The van der Waals surface area contributed by atoms with Gasteiger partial charge in [0.2, 0.25) is 0 Å². The van der Waals surface area contributed by atoms with Gasteiger partial charge >= 0.3 is 0 Å². The van der Waals surface area contributed by atoms with E-state index in [9.17, 15) is 0 Å². The van der Waals surface area contributed by atoms with Gasteiger partial charge in [0.05, 0.1) is 0 Å². The lowest BCUT2D eigenvalue weighted by molar-refractivity contribution is 0.545. The van der Waals surface area contributed by atoms with Gasteiger partial charge in [0.1, 0.15) is 0 Å². The zero-order chi connectivity index (χ0) is 37.4. The maximum atomic E-state index is 6.14. The van der Waals surface area contributed by atoms with Gasteiger partial charge in [0.25, 0.3) is 0 Å². The molecule has 4 rings (SSSR count). The maximum absolute atomic E-state index is 6.14. The van der Waals surface area contributed by atoms with Crippen molar-refractivity contribution in [3.05, 3.63) is 129 Å². The Morgan fingerprint density at radius 1 is 0.302 bits per heavy atom. The van der Waals surface area contributed by atoms with Crippen molar-refractivity contribution in [1.82, 2.24) is 0 Å². The SMILES string of the molecule is CCCCCCc1cc(N)ccc1Cc1ccc(CCCCCCCCCCCCCc2ccc(Cc3ccc(N)cc3CCCCCC)cc2)cc1. The van der Waals surface area contributed by atoms with Crippen LogP contribution in [0.4, 0.5) is 11.4 Å². The quantitative estimate of drug-likeness (QED) is 0.0454. The van der Waals surface area contributed by atoms with E-state index in [4.69, 9.17) is 11.5 Å². The molecule has 288 valence electrons. The molecule has 0 unspecified atom stereocenters. The van der Waals surface area contributed by atoms with E-state index < -0.39 is 0 Å². The molecule has 2 nitrogen and oxygen atoms in total. The average molecular weight is 715 g/mol. The molecule has 4 aromatic carbocycles. The fourth-order valence-corrected chi connectivity index (χ4v) is 7.92. The molecule has 0 bridgehead atoms. The van der Waals surface area contributed by atoms with Crippen molar-refractivity contribution in [3.8, 4) is 0 Å². The summed E-state index contributed by atoms with van der Waals surface area (Å²) in [5.41, 5.74) is 25.6. The highest BCUT2D eigenvalue weighted by molar-refractivity contribution is 5.47. The Balaban J connectivity index is 0.993. The molecular formula is C51H74N2. The molecule has 0 saturated heterocycles. The molecule has 4 N–H and O–H groups in total. The van der Waals surface area contributed by atoms with E-state index in [2.05, 4.69) is 98.8 Å². The van der Waals surface area contributed by atoms with Crippen molar-refractivity contribution in [3.63, 3.8) is 0 Å². The summed E-state index contributed by atoms with van der Waals surface area (Å²) in [5, 5.41) is 0. The monoisotopic (exact) mass is 715 g/mol. The molecule has 0 aliphatic heterocycles. The molecule has 0 amide bonds. The standard InChI is InChI=1S/C51H74N2/c1-3-5-7-20-24-46-40-50(52)36-34-48(46)38-44-30-26-42(27-31-44)22-18-16-14-12-10-9-11-13-15-17-19-23-43-28-32-45(33-29-43)39-49-35-37-51(53)41-47(49)25-21-8-6-4-2/h26-37,40-41H,3-25,38-39,52-53H2,1-2H3. The minimum atomic E-state index is 0.891. The third kappa shape index (κ3) is 17.0. The molecule has 0 aromatic heterocycles. The number of nitrogen functional groups attached to an aromatic ring is 2. The van der Waals surface area contributed by atoms with Crippen LogP contribution in [0.15, 0.2) is 84.9 Å². The fraction of sp³-hybridized carbons (Fsp3) is 0.529. The predicted molar refractivity (Wildman–Crippen MR) is 234 cm³/mol. The minimum absolute atomic E-state index is 0.891. The average Bonchev–Trinajstić information content (AvgIpc) is 3.17. The Bertz CT molecular complexity index is 1420. The molecule has 0 radical (unpaired) electrons. The highest BCUT2D eigenvalue weighted by Crippen LogP contribution is 2.23. The number of benzene rings is 4. The first-order valence-electron chi connectivity index (χ1n) is 21.9. The predicted octanol–water partition coefficient (Wildman–Crippen LogP) is 14.4. The zero-order valence-corrected chi connectivity index (χ0v) is 33.9. The second-order valence-electron chi connectivity index (χ2n) is 16.1. The van der Waals surface area contributed by atoms with Crippen LogP contribution in [0.5, 0.6) is 0 Å². The van der Waals surface area contributed by atoms with Gasteiger partial charge in [0.15, 0.2) is 0 Å². The molecule has 0 spiro atoms. The summed E-state index contributed by atoms with van der Waals surface area (Å²) in [4.78, 5) is 0. The third-order valence-electron chi connectivity index (χ3n) is 11.3. The van der Waals surface area contributed by atoms with Crippen molar-refractivity contribution in [2.24, 2.45) is 0 Å². The summed E-state index contributed by atoms with van der Waals surface area (Å²) >= 11 is 0. The van der Waals surface area contributed by atoms with Gasteiger partial charge in [-0.3, -0.25) is 0 Å². The van der Waals surface area contributed by atoms with Gasteiger partial charge in [-0.1, -0.05) is 171 Å². The van der Waals surface area contributed by atoms with E-state index in [-0.39, 0.29) is 0 Å². The van der Waals surface area contributed by atoms with Crippen LogP contribution in [0, 0.1) is 0 Å². The normalized spacial score (nSPS) is 11.4. The number of unbranched alkanes of at least 4 members (excludes halogenated alkanes) is 16. The second-order valence-corrected chi connectivity index (χ2v) is 16.1. The van der Waals surface area contributed by atoms with Gasteiger partial charge < -0.3 is 11.5 Å². The van der Waals surface area contributed by atoms with E-state index in [1.807, 2.05) is 0 Å². The molecular weight excluding hydrogens is 641 g/mol. The van der Waals surface area contributed by atoms with Gasteiger partial charge in [0, 0.05) is 11.4 Å². The summed E-state index contributed by atoms with van der Waals surface area (Å²) < 4.78 is 0. The zero-order valence-electron chi connectivity index (χ0n) is 33.9. The number of aryl methyl sites for hydroxylation is 4. The molecule has 0 fully saturated rings. The Morgan fingerprint density at radius 3 is 0.962 bits per heavy atom. The van der Waals surface area contributed by atoms with Crippen LogP contribution in [0.25, 0.3) is 0 Å². The molecule has 2 heteroatoms. The molecule has 0 aliphatic carbocycles. The van der Waals surface area contributed by atoms with Crippen LogP contribution in [-0.2, 0) is 38.5 Å². The minimum Gasteiger partial charge on any atom is -0.399 e. The lowest BCUT2D eigenvalue weighted by Crippen LogP contribution is -1.99. The number of rotatable bonds is 28. The number of hydrogen-bond donors (Lipinski definition) is 2. The van der Waals surface area contributed by atoms with Crippen molar-refractivity contribution in [1.29, 1.82) is 0 Å². The lowest BCUT2D eigenvalue weighted by Gasteiger charge is -2.12. The van der Waals surface area contributed by atoms with Crippen LogP contribution in [0.2, 0.25) is 0 Å². The first-order valence-corrected chi connectivity index (χ1v) is 21.9. The van der Waals surface area contributed by atoms with Gasteiger partial charge in [-0.15, -0.1) is 0 Å². The van der Waals surface area contributed by atoms with Crippen LogP contribution >= 0.6 is 0 Å². The molecule has 0 saturated carbocycles. The van der Waals surface area contributed by atoms with Crippen LogP contribution in [0.3, 0.4) is 0 Å². The lowest BCUT2D eigenvalue weighted by atomic mass is 9.94. The Morgan fingerprint density at radius 2 is 0.604 bits per heavy atom. The van der Waals surface area contributed by atoms with Crippen molar-refractivity contribution in [2.45, 2.75) is 174 Å². The molecule has 0 atom stereocenters. The maximum Gasteiger partial charge on any atom is 0.0316 e. The fourth-order valence-electron chi connectivity index (χ4n) is 7.92. The number of hydrogen-bond acceptors (Lipinski definition) is 2. The van der Waals surface area contributed by atoms with Gasteiger partial charge in [-0.2, -0.15) is 0 Å². The highest BCUT2D eigenvalue weighted by Gasteiger charge is 2.07. The second kappa shape index (κ2) is 25.5. The topological polar surface area (TPSA) is 52.0 Å². The van der Waals surface area contributed by atoms with E-state index in [1.165, 1.54) is 179 Å². The van der Waals surface area contributed by atoms with Crippen molar-refractivity contribution in [2.75, 3.05) is 11.5 Å². The van der Waals surface area contributed by atoms with Crippen LogP contribution in [-0.4, -0.2) is 0 Å². The Kier molecular flexibility index (Phi) is 20.3. The molecule has 0 heterocycles. The first kappa shape index (κ1) is 42.2. The van der Waals surface area contributed by atoms with E-state index in [0.29, 0.717) is 0 Å². The first-order chi connectivity index (χ1) is 26.0. The summed E-state index contributed by atoms with van der Waals surface area (Å²) in [6, 6.07) is 31.8. The smallest absolute Gasteiger partial charge is 0.0316 e. The molecule has 53 heavy (non-hydrogen) atoms. The summed E-state index contributed by atoms with van der Waals surface area (Å²) in [6.07, 6.45) is 32.2. The van der Waals surface area contributed by atoms with E-state index in [0.717, 1.165) is 37.1 Å². The summed E-state index contributed by atoms with van der Waals surface area (Å²) in [5.74, 6) is 0. The Labute approximate surface area is 325 Å². The number of nitrogens with two attached hydrogens (primary N) is 2. The molecule has 4 aromatic rings. The van der Waals surface area contributed by atoms with Crippen molar-refractivity contribution < 1.29 is 0 Å². The third-order valence-corrected chi connectivity index (χ3v) is 11.3. The van der Waals surface area contributed by atoms with E-state index in [1.54, 1.807) is 0 Å². The Hall–Kier alpha value is -3.52. The molecule has 0 aliphatic rings. The van der Waals surface area contributed by atoms with Crippen LogP contribution < -0.4 is 11.5 Å². The highest BCUT2D eigenvalue weighted by atomic mass is 14.5. The van der Waals surface area contributed by atoms with E-state index >= 15 is 0 Å². The summed E-state index contributed by atoms with van der Waals surface area (Å²) in [7, 11) is 0.